The Labute approximate surface area is 113 Å². The van der Waals surface area contributed by atoms with Crippen molar-refractivity contribution < 1.29 is 14.0 Å². The first kappa shape index (κ1) is 12.7. The van der Waals surface area contributed by atoms with E-state index in [4.69, 9.17) is 14.0 Å². The average molecular weight is 259 g/mol. The van der Waals surface area contributed by atoms with Crippen molar-refractivity contribution in [3.8, 4) is 0 Å². The van der Waals surface area contributed by atoms with Crippen LogP contribution in [-0.2, 0) is 20.7 Å². The van der Waals surface area contributed by atoms with Crippen LogP contribution in [0.25, 0.3) is 0 Å². The molecule has 0 radical (unpaired) electrons. The van der Waals surface area contributed by atoms with E-state index >= 15 is 0 Å². The molecule has 1 fully saturated rings. The zero-order valence-electron chi connectivity index (χ0n) is 11.8. The zero-order chi connectivity index (χ0) is 13.7. The minimum absolute atomic E-state index is 0.317. The normalized spacial score (nSPS) is 23.1. The highest BCUT2D eigenvalue weighted by molar-refractivity contribution is 6.62. The van der Waals surface area contributed by atoms with Gasteiger partial charge in [-0.2, -0.15) is 0 Å². The largest absolute Gasteiger partial charge is 0.494 e. The lowest BCUT2D eigenvalue weighted by Crippen LogP contribution is -2.41. The average Bonchev–Trinajstić information content (AvgIpc) is 2.58. The molecule has 19 heavy (non-hydrogen) atoms. The molecule has 0 spiro atoms. The third-order valence-electron chi connectivity index (χ3n) is 4.13. The van der Waals surface area contributed by atoms with Crippen molar-refractivity contribution in [1.29, 1.82) is 0 Å². The highest BCUT2D eigenvalue weighted by Gasteiger charge is 2.51. The summed E-state index contributed by atoms with van der Waals surface area (Å²) < 4.78 is 17.3. The van der Waals surface area contributed by atoms with E-state index in [0.717, 1.165) is 16.7 Å². The van der Waals surface area contributed by atoms with Gasteiger partial charge >= 0.3 is 7.12 Å². The number of ether oxygens (including phenoxy) is 1. The summed E-state index contributed by atoms with van der Waals surface area (Å²) in [6.45, 7) is 8.77. The molecule has 0 aromatic heterocycles. The molecule has 1 saturated heterocycles. The maximum atomic E-state index is 6.04. The Morgan fingerprint density at radius 3 is 2.47 bits per heavy atom. The molecule has 2 aliphatic rings. The Hall–Kier alpha value is -1.33. The molecule has 1 aromatic carbocycles. The molecule has 0 aliphatic carbocycles. The van der Waals surface area contributed by atoms with E-state index in [1.54, 1.807) is 0 Å². The highest BCUT2D eigenvalue weighted by atomic mass is 16.7. The lowest BCUT2D eigenvalue weighted by Gasteiger charge is -2.32. The number of hydrogen-bond donors (Lipinski definition) is 0. The van der Waals surface area contributed by atoms with Crippen LogP contribution in [0.3, 0.4) is 0 Å². The molecule has 0 unspecified atom stereocenters. The fourth-order valence-corrected chi connectivity index (χ4v) is 2.19. The maximum absolute atomic E-state index is 6.04. The Kier molecular flexibility index (Phi) is 2.73. The lowest BCUT2D eigenvalue weighted by molar-refractivity contribution is 0.00578. The van der Waals surface area contributed by atoms with Gasteiger partial charge in [0, 0.05) is 5.56 Å². The first-order chi connectivity index (χ1) is 8.89. The zero-order valence-corrected chi connectivity index (χ0v) is 11.8. The van der Waals surface area contributed by atoms with E-state index in [0.29, 0.717) is 6.61 Å². The van der Waals surface area contributed by atoms with Gasteiger partial charge in [-0.15, -0.1) is 0 Å². The molecule has 5 heteroatoms. The summed E-state index contributed by atoms with van der Waals surface area (Å²) in [7, 11) is -0.332. The third-order valence-corrected chi connectivity index (χ3v) is 4.13. The minimum Gasteiger partial charge on any atom is -0.478 e. The number of fused-ring (bicyclic) bond motifs is 1. The van der Waals surface area contributed by atoms with Crippen LogP contribution >= 0.6 is 0 Å². The van der Waals surface area contributed by atoms with Gasteiger partial charge in [-0.3, -0.25) is 0 Å². The van der Waals surface area contributed by atoms with E-state index in [2.05, 4.69) is 32.7 Å². The van der Waals surface area contributed by atoms with Crippen LogP contribution in [0.5, 0.6) is 0 Å². The van der Waals surface area contributed by atoms with E-state index in [9.17, 15) is 0 Å². The summed E-state index contributed by atoms with van der Waals surface area (Å²) >= 11 is 0. The van der Waals surface area contributed by atoms with Gasteiger partial charge in [0.25, 0.3) is 0 Å². The molecule has 0 atom stereocenters. The smallest absolute Gasteiger partial charge is 0.478 e. The summed E-state index contributed by atoms with van der Waals surface area (Å²) in [4.78, 5) is 4.19. The molecule has 3 rings (SSSR count). The molecule has 0 N–H and O–H groups in total. The topological polar surface area (TPSA) is 40.0 Å². The second-order valence-corrected chi connectivity index (χ2v) is 6.02. The molecule has 2 aliphatic heterocycles. The highest BCUT2D eigenvalue weighted by Crippen LogP contribution is 2.36. The Morgan fingerprint density at radius 2 is 1.79 bits per heavy atom. The first-order valence-corrected chi connectivity index (χ1v) is 6.52. The van der Waals surface area contributed by atoms with Crippen LogP contribution in [0, 0.1) is 0 Å². The molecule has 0 bridgehead atoms. The first-order valence-electron chi connectivity index (χ1n) is 6.52. The van der Waals surface area contributed by atoms with Crippen LogP contribution in [0.1, 0.15) is 33.3 Å². The van der Waals surface area contributed by atoms with Gasteiger partial charge in [0.05, 0.1) is 16.9 Å². The van der Waals surface area contributed by atoms with Gasteiger partial charge in [0.15, 0.2) is 6.40 Å². The van der Waals surface area contributed by atoms with Gasteiger partial charge in [-0.05, 0) is 39.2 Å². The lowest BCUT2D eigenvalue weighted by atomic mass is 9.78. The standard InChI is InChI=1S/C14H18BNO3/c1-13(2)14(3,4)19-15(18-13)11-5-6-12-10(7-11)8-17-9-16-12/h5-7,9H,8H2,1-4H3. The van der Waals surface area contributed by atoms with E-state index in [1.807, 2.05) is 18.2 Å². The quantitative estimate of drug-likeness (QED) is 0.726. The van der Waals surface area contributed by atoms with Crippen LogP contribution in [-0.4, -0.2) is 24.7 Å². The summed E-state index contributed by atoms with van der Waals surface area (Å²) in [5.74, 6) is 0. The van der Waals surface area contributed by atoms with Gasteiger partial charge in [-0.1, -0.05) is 12.1 Å². The number of benzene rings is 1. The van der Waals surface area contributed by atoms with Crippen LogP contribution in [0.15, 0.2) is 23.2 Å². The van der Waals surface area contributed by atoms with E-state index in [-0.39, 0.29) is 18.3 Å². The van der Waals surface area contributed by atoms with Crippen molar-refractivity contribution in [2.45, 2.75) is 45.5 Å². The van der Waals surface area contributed by atoms with Crippen molar-refractivity contribution in [3.05, 3.63) is 23.8 Å². The third kappa shape index (κ3) is 2.07. The summed E-state index contributed by atoms with van der Waals surface area (Å²) in [5.41, 5.74) is 2.39. The van der Waals surface area contributed by atoms with E-state index in [1.165, 1.54) is 6.40 Å². The van der Waals surface area contributed by atoms with Gasteiger partial charge in [0.2, 0.25) is 0 Å². The molecule has 0 saturated carbocycles. The predicted octanol–water partition coefficient (Wildman–Crippen LogP) is 2.18. The second kappa shape index (κ2) is 4.08. The summed E-state index contributed by atoms with van der Waals surface area (Å²) in [5, 5.41) is 0. The molecule has 100 valence electrons. The number of nitrogens with zero attached hydrogens (tertiary/aromatic N) is 1. The Bertz CT molecular complexity index is 523. The van der Waals surface area contributed by atoms with Gasteiger partial charge < -0.3 is 14.0 Å². The fraction of sp³-hybridized carbons (Fsp3) is 0.500. The monoisotopic (exact) mass is 259 g/mol. The van der Waals surface area contributed by atoms with Crippen molar-refractivity contribution >= 4 is 24.7 Å². The van der Waals surface area contributed by atoms with Crippen molar-refractivity contribution in [3.63, 3.8) is 0 Å². The maximum Gasteiger partial charge on any atom is 0.494 e. The summed E-state index contributed by atoms with van der Waals surface area (Å²) in [6, 6.07) is 6.03. The predicted molar refractivity (Wildman–Crippen MR) is 75.1 cm³/mol. The van der Waals surface area contributed by atoms with Crippen molar-refractivity contribution in [1.82, 2.24) is 0 Å². The molecule has 2 heterocycles. The van der Waals surface area contributed by atoms with Gasteiger partial charge in [0.1, 0.15) is 6.61 Å². The number of aliphatic imine (C=N–C) groups is 1. The van der Waals surface area contributed by atoms with Crippen LogP contribution in [0.2, 0.25) is 0 Å². The second-order valence-electron chi connectivity index (χ2n) is 6.02. The summed E-state index contributed by atoms with van der Waals surface area (Å²) in [6.07, 6.45) is 1.48. The number of hydrogen-bond acceptors (Lipinski definition) is 4. The Morgan fingerprint density at radius 1 is 1.11 bits per heavy atom. The van der Waals surface area contributed by atoms with Crippen molar-refractivity contribution in [2.75, 3.05) is 0 Å². The molecule has 4 nitrogen and oxygen atoms in total. The van der Waals surface area contributed by atoms with Crippen molar-refractivity contribution in [2.24, 2.45) is 4.99 Å². The molecular weight excluding hydrogens is 241 g/mol. The van der Waals surface area contributed by atoms with Crippen LogP contribution in [0.4, 0.5) is 5.69 Å². The van der Waals surface area contributed by atoms with E-state index < -0.39 is 0 Å². The van der Waals surface area contributed by atoms with Gasteiger partial charge in [-0.25, -0.2) is 4.99 Å². The SMILES string of the molecule is CC1(C)OB(c2ccc3c(c2)COC=N3)OC1(C)C. The molecular formula is C14H18BNO3. The fourth-order valence-electron chi connectivity index (χ4n) is 2.19. The van der Waals surface area contributed by atoms with Crippen LogP contribution < -0.4 is 5.46 Å². The number of rotatable bonds is 1. The Balaban J connectivity index is 1.91. The minimum atomic E-state index is -0.332. The molecule has 1 aromatic rings. The molecule has 0 amide bonds.